The van der Waals surface area contributed by atoms with E-state index in [1.807, 2.05) is 0 Å². The molecular weight excluding hydrogens is 228 g/mol. The molecule has 5 nitrogen and oxygen atoms in total. The van der Waals surface area contributed by atoms with Crippen LogP contribution in [-0.4, -0.2) is 21.3 Å². The summed E-state index contributed by atoms with van der Waals surface area (Å²) in [5.74, 6) is 0.518. The molecular formula is C13H20N4O. The van der Waals surface area contributed by atoms with Gasteiger partial charge < -0.3 is 5.32 Å². The maximum absolute atomic E-state index is 12.1. The Labute approximate surface area is 107 Å². The Morgan fingerprint density at radius 2 is 2.28 bits per heavy atom. The zero-order valence-electron chi connectivity index (χ0n) is 11.3. The van der Waals surface area contributed by atoms with E-state index >= 15 is 0 Å². The molecule has 1 heterocycles. The van der Waals surface area contributed by atoms with Gasteiger partial charge in [-0.25, -0.2) is 0 Å². The predicted molar refractivity (Wildman–Crippen MR) is 68.4 cm³/mol. The molecule has 0 spiro atoms. The van der Waals surface area contributed by atoms with Crippen LogP contribution in [-0.2, 0) is 11.3 Å². The summed E-state index contributed by atoms with van der Waals surface area (Å²) in [6.07, 6.45) is 3.81. The van der Waals surface area contributed by atoms with Crippen molar-refractivity contribution in [3.05, 3.63) is 23.5 Å². The summed E-state index contributed by atoms with van der Waals surface area (Å²) >= 11 is 0. The van der Waals surface area contributed by atoms with Gasteiger partial charge in [0, 0.05) is 0 Å². The molecule has 2 rings (SSSR count). The van der Waals surface area contributed by atoms with Crippen molar-refractivity contribution in [2.75, 3.05) is 0 Å². The highest BCUT2D eigenvalue weighted by atomic mass is 16.2. The van der Waals surface area contributed by atoms with Gasteiger partial charge in [0.1, 0.15) is 5.69 Å². The maximum atomic E-state index is 12.1. The van der Waals surface area contributed by atoms with Gasteiger partial charge in [0.25, 0.3) is 0 Å². The number of carbonyl (C=O) groups is 1. The number of hydrogen-bond acceptors (Lipinski definition) is 3. The fourth-order valence-electron chi connectivity index (χ4n) is 2.45. The largest absolute Gasteiger partial charge is 0.350 e. The second-order valence-corrected chi connectivity index (χ2v) is 5.75. The molecule has 0 aliphatic heterocycles. The number of H-pyrrole nitrogens is 1. The van der Waals surface area contributed by atoms with Gasteiger partial charge in [0.05, 0.1) is 18.7 Å². The highest BCUT2D eigenvalue weighted by Crippen LogP contribution is 2.59. The first kappa shape index (κ1) is 12.8. The second kappa shape index (κ2) is 4.55. The molecule has 98 valence electrons. The van der Waals surface area contributed by atoms with Crippen LogP contribution in [0.5, 0.6) is 0 Å². The first-order valence-corrected chi connectivity index (χ1v) is 6.20. The van der Waals surface area contributed by atoms with Crippen LogP contribution in [0.3, 0.4) is 0 Å². The lowest BCUT2D eigenvalue weighted by atomic mass is 10.1. The standard InChI is InChI=1S/C13H20N4O/c1-8(2)5-10-11(13(10,3)4)12(18)14-6-9-7-15-17-16-9/h5,7,10-11H,6H2,1-4H3,(H,14,18)(H,15,16,17)/t10-,11-/m0/s1. The molecule has 1 aliphatic rings. The van der Waals surface area contributed by atoms with E-state index in [1.54, 1.807) is 6.20 Å². The van der Waals surface area contributed by atoms with Crippen LogP contribution in [0.15, 0.2) is 17.8 Å². The van der Waals surface area contributed by atoms with Crippen molar-refractivity contribution in [1.29, 1.82) is 0 Å². The number of rotatable bonds is 4. The SMILES string of the molecule is CC(C)=C[C@H]1[C@@H](C(=O)NCc2cn[nH]n2)C1(C)C. The molecule has 1 aromatic heterocycles. The van der Waals surface area contributed by atoms with Crippen molar-refractivity contribution >= 4 is 5.91 Å². The van der Waals surface area contributed by atoms with Crippen LogP contribution in [0, 0.1) is 17.3 Å². The average molecular weight is 248 g/mol. The minimum Gasteiger partial charge on any atom is -0.350 e. The molecule has 2 atom stereocenters. The monoisotopic (exact) mass is 248 g/mol. The van der Waals surface area contributed by atoms with Gasteiger partial charge in [-0.15, -0.1) is 0 Å². The van der Waals surface area contributed by atoms with Gasteiger partial charge in [-0.1, -0.05) is 25.5 Å². The summed E-state index contributed by atoms with van der Waals surface area (Å²) in [6, 6.07) is 0. The van der Waals surface area contributed by atoms with Crippen LogP contribution in [0.25, 0.3) is 0 Å². The Morgan fingerprint density at radius 3 is 2.83 bits per heavy atom. The molecule has 1 aliphatic carbocycles. The molecule has 0 radical (unpaired) electrons. The van der Waals surface area contributed by atoms with Crippen molar-refractivity contribution in [1.82, 2.24) is 20.7 Å². The minimum atomic E-state index is 0.0607. The average Bonchev–Trinajstić information content (AvgIpc) is 2.70. The van der Waals surface area contributed by atoms with E-state index < -0.39 is 0 Å². The predicted octanol–water partition coefficient (Wildman–Crippen LogP) is 1.66. The third-order valence-electron chi connectivity index (χ3n) is 3.61. The molecule has 0 bridgehead atoms. The van der Waals surface area contributed by atoms with Gasteiger partial charge in [-0.3, -0.25) is 4.79 Å². The van der Waals surface area contributed by atoms with E-state index in [1.165, 1.54) is 5.57 Å². The fourth-order valence-corrected chi connectivity index (χ4v) is 2.45. The zero-order chi connectivity index (χ0) is 13.3. The van der Waals surface area contributed by atoms with Gasteiger partial charge in [-0.05, 0) is 25.2 Å². The third kappa shape index (κ3) is 2.44. The number of nitrogens with one attached hydrogen (secondary N) is 2. The summed E-state index contributed by atoms with van der Waals surface area (Å²) in [5.41, 5.74) is 2.07. The van der Waals surface area contributed by atoms with E-state index in [0.717, 1.165) is 5.69 Å². The number of aromatic nitrogens is 3. The van der Waals surface area contributed by atoms with Crippen molar-refractivity contribution < 1.29 is 4.79 Å². The molecule has 0 unspecified atom stereocenters. The zero-order valence-corrected chi connectivity index (χ0v) is 11.3. The summed E-state index contributed by atoms with van der Waals surface area (Å²) in [6.45, 7) is 8.84. The molecule has 5 heteroatoms. The first-order valence-electron chi connectivity index (χ1n) is 6.20. The summed E-state index contributed by atoms with van der Waals surface area (Å²) in [7, 11) is 0. The molecule has 1 amide bonds. The number of hydrogen-bond donors (Lipinski definition) is 2. The highest BCUT2D eigenvalue weighted by molar-refractivity contribution is 5.83. The van der Waals surface area contributed by atoms with E-state index in [4.69, 9.17) is 0 Å². The molecule has 18 heavy (non-hydrogen) atoms. The molecule has 1 saturated carbocycles. The number of nitrogens with zero attached hydrogens (tertiary/aromatic N) is 2. The lowest BCUT2D eigenvalue weighted by Crippen LogP contribution is -2.26. The highest BCUT2D eigenvalue weighted by Gasteiger charge is 2.60. The number of amides is 1. The third-order valence-corrected chi connectivity index (χ3v) is 3.61. The molecule has 1 fully saturated rings. The van der Waals surface area contributed by atoms with Crippen LogP contribution >= 0.6 is 0 Å². The number of allylic oxidation sites excluding steroid dienone is 2. The summed E-state index contributed by atoms with van der Waals surface area (Å²) < 4.78 is 0. The van der Waals surface area contributed by atoms with Crippen molar-refractivity contribution in [2.45, 2.75) is 34.2 Å². The van der Waals surface area contributed by atoms with E-state index in [9.17, 15) is 4.79 Å². The Morgan fingerprint density at radius 1 is 1.56 bits per heavy atom. The van der Waals surface area contributed by atoms with E-state index in [-0.39, 0.29) is 17.2 Å². The normalized spacial score (nSPS) is 24.4. The molecule has 0 saturated heterocycles. The Hall–Kier alpha value is -1.65. The Balaban J connectivity index is 1.92. The van der Waals surface area contributed by atoms with Gasteiger partial charge in [0.2, 0.25) is 5.91 Å². The van der Waals surface area contributed by atoms with Crippen LogP contribution < -0.4 is 5.32 Å². The summed E-state index contributed by atoms with van der Waals surface area (Å²) in [4.78, 5) is 12.1. The minimum absolute atomic E-state index is 0.0607. The van der Waals surface area contributed by atoms with Gasteiger partial charge in [0.15, 0.2) is 0 Å². The Kier molecular flexibility index (Phi) is 3.24. The van der Waals surface area contributed by atoms with Crippen LogP contribution in [0.4, 0.5) is 0 Å². The molecule has 2 N–H and O–H groups in total. The van der Waals surface area contributed by atoms with Crippen molar-refractivity contribution in [3.63, 3.8) is 0 Å². The number of carbonyl (C=O) groups excluding carboxylic acids is 1. The van der Waals surface area contributed by atoms with Gasteiger partial charge in [-0.2, -0.15) is 15.4 Å². The molecule has 0 aromatic carbocycles. The van der Waals surface area contributed by atoms with Crippen LogP contribution in [0.1, 0.15) is 33.4 Å². The molecule has 1 aromatic rings. The first-order chi connectivity index (χ1) is 8.43. The van der Waals surface area contributed by atoms with Crippen molar-refractivity contribution in [2.24, 2.45) is 17.3 Å². The van der Waals surface area contributed by atoms with E-state index in [0.29, 0.717) is 12.5 Å². The second-order valence-electron chi connectivity index (χ2n) is 5.75. The van der Waals surface area contributed by atoms with Crippen LogP contribution in [0.2, 0.25) is 0 Å². The van der Waals surface area contributed by atoms with Crippen molar-refractivity contribution in [3.8, 4) is 0 Å². The Bertz CT molecular complexity index is 457. The quantitative estimate of drug-likeness (QED) is 0.796. The lowest BCUT2D eigenvalue weighted by Gasteiger charge is -2.03. The summed E-state index contributed by atoms with van der Waals surface area (Å²) in [5, 5.41) is 13.1. The fraction of sp³-hybridized carbons (Fsp3) is 0.615. The lowest BCUT2D eigenvalue weighted by molar-refractivity contribution is -0.123. The van der Waals surface area contributed by atoms with Gasteiger partial charge >= 0.3 is 0 Å². The topological polar surface area (TPSA) is 70.7 Å². The smallest absolute Gasteiger partial charge is 0.224 e. The number of aromatic amines is 1. The van der Waals surface area contributed by atoms with E-state index in [2.05, 4.69) is 54.5 Å². The maximum Gasteiger partial charge on any atom is 0.224 e.